The Labute approximate surface area is 173 Å². The highest BCUT2D eigenvalue weighted by Gasteiger charge is 2.29. The van der Waals surface area contributed by atoms with Crippen LogP contribution in [-0.2, 0) is 28.8 Å². The minimum atomic E-state index is -1.46. The summed E-state index contributed by atoms with van der Waals surface area (Å²) in [5, 5.41) is 15.9. The third-order valence-corrected chi connectivity index (χ3v) is 3.87. The predicted molar refractivity (Wildman–Crippen MR) is 104 cm³/mol. The van der Waals surface area contributed by atoms with Crippen LogP contribution in [0.15, 0.2) is 0 Å². The van der Waals surface area contributed by atoms with Crippen LogP contribution in [0.25, 0.3) is 0 Å². The molecule has 0 aliphatic carbocycles. The summed E-state index contributed by atoms with van der Waals surface area (Å²) in [5.41, 5.74) is 15.5. The number of carbonyl (C=O) groups excluding carboxylic acids is 5. The first-order valence-electron chi connectivity index (χ1n) is 9.20. The molecule has 13 nitrogen and oxygen atoms in total. The van der Waals surface area contributed by atoms with Gasteiger partial charge in [0, 0.05) is 0 Å². The fourth-order valence-electron chi connectivity index (χ4n) is 2.37. The van der Waals surface area contributed by atoms with Gasteiger partial charge in [-0.3, -0.25) is 24.0 Å². The molecule has 0 rings (SSSR count). The molecule has 0 saturated heterocycles. The minimum absolute atomic E-state index is 0.00364. The van der Waals surface area contributed by atoms with Crippen LogP contribution in [0.5, 0.6) is 0 Å². The van der Waals surface area contributed by atoms with Gasteiger partial charge in [0.25, 0.3) is 0 Å². The molecule has 0 aromatic carbocycles. The molecule has 4 atom stereocenters. The minimum Gasteiger partial charge on any atom is -0.480 e. The van der Waals surface area contributed by atoms with E-state index in [9.17, 15) is 33.9 Å². The van der Waals surface area contributed by atoms with Gasteiger partial charge in [-0.15, -0.1) is 0 Å². The van der Waals surface area contributed by atoms with Crippen molar-refractivity contribution in [3.05, 3.63) is 0 Å². The number of nitrogens with two attached hydrogens (primary N) is 3. The van der Waals surface area contributed by atoms with Gasteiger partial charge in [0.1, 0.15) is 18.1 Å². The molecule has 0 heterocycles. The van der Waals surface area contributed by atoms with E-state index in [-0.39, 0.29) is 12.3 Å². The van der Waals surface area contributed by atoms with Crippen molar-refractivity contribution >= 4 is 35.5 Å². The third-order valence-electron chi connectivity index (χ3n) is 3.87. The number of carboxylic acid groups (broad SMARTS) is 1. The molecule has 5 amide bonds. The van der Waals surface area contributed by atoms with E-state index in [1.165, 1.54) is 6.92 Å². The average molecular weight is 430 g/mol. The molecular formula is C17H30N6O7. The second kappa shape index (κ2) is 12.4. The maximum Gasteiger partial charge on any atom is 0.326 e. The molecule has 0 saturated carbocycles. The topological polar surface area (TPSA) is 237 Å². The highest BCUT2D eigenvalue weighted by molar-refractivity contribution is 5.96. The first-order valence-corrected chi connectivity index (χ1v) is 9.20. The van der Waals surface area contributed by atoms with Gasteiger partial charge < -0.3 is 38.3 Å². The smallest absolute Gasteiger partial charge is 0.326 e. The zero-order chi connectivity index (χ0) is 23.6. The summed E-state index contributed by atoms with van der Waals surface area (Å²) in [6, 6.07) is -5.14. The van der Waals surface area contributed by atoms with E-state index in [1.807, 2.05) is 0 Å². The molecule has 170 valence electrons. The first kappa shape index (κ1) is 26.8. The molecule has 0 bridgehead atoms. The van der Waals surface area contributed by atoms with E-state index in [0.717, 1.165) is 0 Å². The molecule has 10 N–H and O–H groups in total. The van der Waals surface area contributed by atoms with Crippen LogP contribution in [0.2, 0.25) is 0 Å². The van der Waals surface area contributed by atoms with Crippen LogP contribution < -0.4 is 33.2 Å². The number of nitrogens with one attached hydrogen (secondary N) is 3. The van der Waals surface area contributed by atoms with Gasteiger partial charge in [-0.2, -0.15) is 0 Å². The maximum atomic E-state index is 12.4. The van der Waals surface area contributed by atoms with Gasteiger partial charge in [0.05, 0.1) is 18.9 Å². The maximum absolute atomic E-state index is 12.4. The zero-order valence-electron chi connectivity index (χ0n) is 17.1. The zero-order valence-corrected chi connectivity index (χ0v) is 17.1. The summed E-state index contributed by atoms with van der Waals surface area (Å²) in [7, 11) is 0. The highest BCUT2D eigenvalue weighted by Crippen LogP contribution is 2.05. The number of carbonyl (C=O) groups is 6. The van der Waals surface area contributed by atoms with Gasteiger partial charge >= 0.3 is 5.97 Å². The first-order chi connectivity index (χ1) is 13.7. The van der Waals surface area contributed by atoms with E-state index in [2.05, 4.69) is 16.0 Å². The van der Waals surface area contributed by atoms with Crippen LogP contribution >= 0.6 is 0 Å². The summed E-state index contributed by atoms with van der Waals surface area (Å²) in [6.07, 6.45) is -0.901. The predicted octanol–water partition coefficient (Wildman–Crippen LogP) is -3.33. The lowest BCUT2D eigenvalue weighted by atomic mass is 10.0. The SMILES string of the molecule is CC(C)CC(NC(=O)C(C)NC(=O)C(CC(N)=O)NC(=O)C(N)CC(N)=O)C(=O)O. The number of carboxylic acids is 1. The van der Waals surface area contributed by atoms with Crippen LogP contribution in [-0.4, -0.2) is 64.8 Å². The van der Waals surface area contributed by atoms with E-state index in [0.29, 0.717) is 0 Å². The van der Waals surface area contributed by atoms with Crippen LogP contribution in [0.1, 0.15) is 40.0 Å². The lowest BCUT2D eigenvalue weighted by Gasteiger charge is -2.23. The fraction of sp³-hybridized carbons (Fsp3) is 0.647. The molecule has 4 unspecified atom stereocenters. The molecule has 0 fully saturated rings. The number of primary amides is 2. The Bertz CT molecular complexity index is 682. The number of rotatable bonds is 13. The normalized spacial score (nSPS) is 14.7. The molecule has 0 aliphatic rings. The largest absolute Gasteiger partial charge is 0.480 e. The standard InChI is InChI=1S/C17H30N6O7/c1-7(2)4-11(17(29)30)23-14(26)8(3)21-16(28)10(6-13(20)25)22-15(27)9(18)5-12(19)24/h7-11H,4-6,18H2,1-3H3,(H2,19,24)(H2,20,25)(H,21,28)(H,22,27)(H,23,26)(H,29,30). The second-order valence-corrected chi connectivity index (χ2v) is 7.27. The Hall–Kier alpha value is -3.22. The summed E-state index contributed by atoms with van der Waals surface area (Å²) in [5.74, 6) is -5.60. The summed E-state index contributed by atoms with van der Waals surface area (Å²) in [4.78, 5) is 70.0. The van der Waals surface area contributed by atoms with Crippen molar-refractivity contribution < 1.29 is 33.9 Å². The lowest BCUT2D eigenvalue weighted by molar-refractivity contribution is -0.142. The van der Waals surface area contributed by atoms with Crippen LogP contribution in [0, 0.1) is 5.92 Å². The molecule has 0 spiro atoms. The highest BCUT2D eigenvalue weighted by atomic mass is 16.4. The number of hydrogen-bond acceptors (Lipinski definition) is 7. The third kappa shape index (κ3) is 10.4. The van der Waals surface area contributed by atoms with E-state index in [1.54, 1.807) is 13.8 Å². The van der Waals surface area contributed by atoms with Crippen molar-refractivity contribution in [2.24, 2.45) is 23.1 Å². The van der Waals surface area contributed by atoms with Gasteiger partial charge in [0.15, 0.2) is 0 Å². The van der Waals surface area contributed by atoms with Crippen molar-refractivity contribution in [2.75, 3.05) is 0 Å². The Morgan fingerprint density at radius 2 is 1.27 bits per heavy atom. The van der Waals surface area contributed by atoms with Crippen molar-refractivity contribution in [1.82, 2.24) is 16.0 Å². The Morgan fingerprint density at radius 1 is 0.767 bits per heavy atom. The molecule has 0 aromatic heterocycles. The van der Waals surface area contributed by atoms with Gasteiger partial charge in [-0.25, -0.2) is 4.79 Å². The monoisotopic (exact) mass is 430 g/mol. The second-order valence-electron chi connectivity index (χ2n) is 7.27. The molecule has 30 heavy (non-hydrogen) atoms. The Balaban J connectivity index is 5.10. The van der Waals surface area contributed by atoms with Crippen LogP contribution in [0.3, 0.4) is 0 Å². The Morgan fingerprint density at radius 3 is 1.70 bits per heavy atom. The summed E-state index contributed by atoms with van der Waals surface area (Å²) < 4.78 is 0. The summed E-state index contributed by atoms with van der Waals surface area (Å²) >= 11 is 0. The molecular weight excluding hydrogens is 400 g/mol. The number of aliphatic carboxylic acids is 1. The van der Waals surface area contributed by atoms with Gasteiger partial charge in [0.2, 0.25) is 29.5 Å². The van der Waals surface area contributed by atoms with Crippen LogP contribution in [0.4, 0.5) is 0 Å². The fourth-order valence-corrected chi connectivity index (χ4v) is 2.37. The van der Waals surface area contributed by atoms with Crippen molar-refractivity contribution in [3.63, 3.8) is 0 Å². The number of hydrogen-bond donors (Lipinski definition) is 7. The van der Waals surface area contributed by atoms with Gasteiger partial charge in [-0.05, 0) is 19.3 Å². The summed E-state index contributed by atoms with van der Waals surface area (Å²) in [6.45, 7) is 4.87. The van der Waals surface area contributed by atoms with Gasteiger partial charge in [-0.1, -0.05) is 13.8 Å². The average Bonchev–Trinajstić information content (AvgIpc) is 2.58. The quantitative estimate of drug-likeness (QED) is 0.155. The van der Waals surface area contributed by atoms with E-state index < -0.39 is 72.5 Å². The molecule has 0 aromatic rings. The van der Waals surface area contributed by atoms with E-state index in [4.69, 9.17) is 17.2 Å². The van der Waals surface area contributed by atoms with Crippen molar-refractivity contribution in [2.45, 2.75) is 64.2 Å². The lowest BCUT2D eigenvalue weighted by Crippen LogP contribution is -2.57. The molecule has 13 heteroatoms. The molecule has 0 radical (unpaired) electrons. The van der Waals surface area contributed by atoms with E-state index >= 15 is 0 Å². The Kier molecular flexibility index (Phi) is 11.0. The van der Waals surface area contributed by atoms with Crippen molar-refractivity contribution in [3.8, 4) is 0 Å². The van der Waals surface area contributed by atoms with Crippen molar-refractivity contribution in [1.29, 1.82) is 0 Å². The molecule has 0 aliphatic heterocycles. The number of amides is 5.